The van der Waals surface area contributed by atoms with Gasteiger partial charge in [-0.1, -0.05) is 87.9 Å². The van der Waals surface area contributed by atoms with Gasteiger partial charge in [0.05, 0.1) is 93.7 Å². The van der Waals surface area contributed by atoms with Crippen LogP contribution in [-0.2, 0) is 60.1 Å². The number of alkyl halides is 6. The van der Waals surface area contributed by atoms with Crippen LogP contribution in [0.4, 0.5) is 116 Å². The van der Waals surface area contributed by atoms with Crippen molar-refractivity contribution in [3.8, 4) is 0 Å². The van der Waals surface area contributed by atoms with E-state index in [-0.39, 0.29) is 123 Å². The van der Waals surface area contributed by atoms with Crippen molar-refractivity contribution in [2.45, 2.75) is 151 Å². The zero-order chi connectivity index (χ0) is 106. The molecule has 0 aliphatic carbocycles. The van der Waals surface area contributed by atoms with Gasteiger partial charge in [-0.05, 0) is 218 Å². The van der Waals surface area contributed by atoms with E-state index in [9.17, 15) is 110 Å². The van der Waals surface area contributed by atoms with Gasteiger partial charge in [-0.15, -0.1) is 0 Å². The Balaban J connectivity index is 0.000000233. The zero-order valence-corrected chi connectivity index (χ0v) is 83.2. The molecule has 0 bridgehead atoms. The summed E-state index contributed by atoms with van der Waals surface area (Å²) in [5, 5.41) is 21.2. The fraction of sp³-hybridized carbons (Fsp3) is 0.505. The zero-order valence-electron chi connectivity index (χ0n) is 80.2. The van der Waals surface area contributed by atoms with Crippen LogP contribution in [0.2, 0.25) is 20.1 Å². The van der Waals surface area contributed by atoms with Gasteiger partial charge in [-0.2, -0.15) is 26.3 Å². The summed E-state index contributed by atoms with van der Waals surface area (Å²) < 4.78 is 176. The summed E-state index contributed by atoms with van der Waals surface area (Å²) in [6.07, 6.45) is -1.82. The quantitative estimate of drug-likeness (QED) is 0.0245. The summed E-state index contributed by atoms with van der Waals surface area (Å²) in [6.45, 7) is 20.8. The number of halogens is 16. The first-order chi connectivity index (χ1) is 67.7. The second kappa shape index (κ2) is 58.1. The number of ether oxygens (including phenoxy) is 4. The molecule has 786 valence electrons. The van der Waals surface area contributed by atoms with Crippen LogP contribution in [0.25, 0.3) is 0 Å². The number of amides is 14. The number of hydrogen-bond acceptors (Lipinski definition) is 16. The summed E-state index contributed by atoms with van der Waals surface area (Å²) >= 11 is 22.5. The van der Waals surface area contributed by atoms with E-state index in [1.54, 1.807) is 50.8 Å². The molecule has 30 nitrogen and oxygen atoms in total. The predicted octanol–water partition coefficient (Wildman–Crippen LogP) is 21.3. The molecule has 12 rings (SSSR count). The van der Waals surface area contributed by atoms with Crippen LogP contribution in [0, 0.1) is 82.2 Å². The van der Waals surface area contributed by atoms with Gasteiger partial charge in [0.1, 0.15) is 34.9 Å². The first kappa shape index (κ1) is 118. The Bertz CT molecular complexity index is 5110. The van der Waals surface area contributed by atoms with Crippen molar-refractivity contribution < 1.29 is 129 Å². The minimum Gasteiger partial charge on any atom is -0.453 e. The molecule has 6 fully saturated rings. The molecule has 8 N–H and O–H groups in total. The highest BCUT2D eigenvalue weighted by atomic mass is 35.5. The van der Waals surface area contributed by atoms with Crippen LogP contribution < -0.4 is 42.5 Å². The summed E-state index contributed by atoms with van der Waals surface area (Å²) in [5.74, 6) is -8.81. The lowest BCUT2D eigenvalue weighted by Gasteiger charge is -2.32. The van der Waals surface area contributed by atoms with E-state index in [0.29, 0.717) is 196 Å². The van der Waals surface area contributed by atoms with Crippen LogP contribution in [-0.4, -0.2) is 220 Å². The van der Waals surface area contributed by atoms with Crippen molar-refractivity contribution in [3.63, 3.8) is 0 Å². The Kier molecular flexibility index (Phi) is 48.0. The largest absolute Gasteiger partial charge is 0.453 e. The molecule has 6 heterocycles. The van der Waals surface area contributed by atoms with Gasteiger partial charge in [0.25, 0.3) is 0 Å². The monoisotopic (exact) mass is 2100 g/mol. The Morgan fingerprint density at radius 1 is 0.343 bits per heavy atom. The van der Waals surface area contributed by atoms with Gasteiger partial charge in [0, 0.05) is 126 Å². The third-order valence-electron chi connectivity index (χ3n) is 22.8. The van der Waals surface area contributed by atoms with Crippen LogP contribution in [0.5, 0.6) is 0 Å². The second-order valence-electron chi connectivity index (χ2n) is 35.1. The van der Waals surface area contributed by atoms with Crippen LogP contribution in [0.3, 0.4) is 0 Å². The average Bonchev–Trinajstić information content (AvgIpc) is 0.818. The number of hydrogen-bond donors (Lipinski definition) is 8. The highest BCUT2D eigenvalue weighted by molar-refractivity contribution is 6.32. The number of nitrogens with one attached hydrogen (secondary N) is 8. The first-order valence-electron chi connectivity index (χ1n) is 46.7. The number of carbonyl (C=O) groups excluding carboxylic acids is 12. The Morgan fingerprint density at radius 2 is 0.601 bits per heavy atom. The fourth-order valence-electron chi connectivity index (χ4n) is 15.3. The van der Waals surface area contributed by atoms with Gasteiger partial charge in [0.15, 0.2) is 0 Å². The standard InChI is InChI=1S/C17H23ClFN3O2.C17H22ClFN2O3.C16H21ClFN3O2.C16H20ClFN2O3.C16H18F4N2O3.C15H16F4N2O3/c1-11(2)9-20-17(24)22-7-3-4-12(10-22)16(23)21-13-5-6-14(18)15(19)8-13;1-11(2)10-24-17(23)21-7-3-4-12(9-21)16(22)20-13-5-6-14(18)15(19)8-13;1-2-7-19-16(23)21-8-3-4-11(10-21)15(22)20-12-5-6-13(17)14(18)9-12;1-2-8-23-16(22)20-7-3-4-11(10-20)15(21)19-12-5-6-13(17)14(18)9-12;1-2-25-15(24)22-7-3-4-10(9-22)14(23)21-11-5-6-12(13(17)8-11)16(18,19)20;1-24-14(23)21-6-2-3-9(8-21)13(22)20-10-4-5-11(12(16)7-10)15(17,18)19/h5-6,8,11-12H,3-4,7,9-10H2,1-2H3,(H,20,24)(H,21,23);5-6,8,11-12H,3-4,7,9-10H2,1-2H3,(H,20,22);5-6,9,11H,2-4,7-8,10H2,1H3,(H,19,23)(H,20,22);5-6,9,11H,2-4,7-8,10H2,1H3,(H,19,21);5-6,8,10H,2-4,7,9H2,1H3,(H,21,23);4-5,7,9H,2-3,6,8H2,1H3,(H,20,22)/t2*12-;2*11-;10-;9-/m000000/s1. The van der Waals surface area contributed by atoms with E-state index < -0.39 is 100 Å². The van der Waals surface area contributed by atoms with E-state index in [4.69, 9.17) is 60.6 Å². The SMILES string of the molecule is CC(C)CNC(=O)N1CCC[C@H](C(=O)Nc2ccc(Cl)c(F)c2)C1.CC(C)COC(=O)N1CCC[C@H](C(=O)Nc2ccc(Cl)c(F)c2)C1.CCCNC(=O)N1CCC[C@H](C(=O)Nc2ccc(Cl)c(F)c2)C1.CCCOC(=O)N1CCC[C@H](C(=O)Nc2ccc(Cl)c(F)c2)C1.CCOC(=O)N1CCC[C@H](C(=O)Nc2ccc(C(F)(F)F)c(F)c2)C1.COC(=O)N1CCC[C@H](C(=O)Nc2ccc(C(F)(F)F)c(F)c2)C1. The molecule has 6 aromatic rings. The molecular weight excluding hydrogens is 1990 g/mol. The molecule has 6 aromatic carbocycles. The number of piperidine rings is 6. The molecule has 0 aromatic heterocycles. The molecule has 0 saturated carbocycles. The molecule has 6 aliphatic rings. The maximum atomic E-state index is 13.6. The maximum absolute atomic E-state index is 13.6. The van der Waals surface area contributed by atoms with Crippen molar-refractivity contribution in [1.82, 2.24) is 40.0 Å². The molecule has 143 heavy (non-hydrogen) atoms. The molecule has 6 atom stereocenters. The van der Waals surface area contributed by atoms with Gasteiger partial charge >= 0.3 is 48.8 Å². The Labute approximate surface area is 841 Å². The Hall–Kier alpha value is -11.9. The second-order valence-corrected chi connectivity index (χ2v) is 36.7. The number of benzene rings is 6. The summed E-state index contributed by atoms with van der Waals surface area (Å²) in [7, 11) is 1.23. The topological polar surface area (TPSA) is 357 Å². The number of urea groups is 2. The number of anilines is 6. The molecule has 0 spiro atoms. The van der Waals surface area contributed by atoms with Crippen LogP contribution in [0.1, 0.15) is 149 Å². The first-order valence-corrected chi connectivity index (χ1v) is 48.2. The highest BCUT2D eigenvalue weighted by Gasteiger charge is 2.39. The van der Waals surface area contributed by atoms with E-state index in [0.717, 1.165) is 50.7 Å². The molecular formula is C97H120Cl4F12N14O16. The van der Waals surface area contributed by atoms with Crippen molar-refractivity contribution >= 4 is 152 Å². The van der Waals surface area contributed by atoms with E-state index >= 15 is 0 Å². The maximum Gasteiger partial charge on any atom is 0.419 e. The lowest BCUT2D eigenvalue weighted by atomic mass is 9.97. The number of nitrogens with zero attached hydrogens (tertiary/aromatic N) is 6. The average molecular weight is 2110 g/mol. The van der Waals surface area contributed by atoms with Crippen molar-refractivity contribution in [1.29, 1.82) is 0 Å². The minimum atomic E-state index is -4.80. The fourth-order valence-corrected chi connectivity index (χ4v) is 15.8. The minimum absolute atomic E-state index is 0.00439. The van der Waals surface area contributed by atoms with Gasteiger partial charge in [0.2, 0.25) is 35.4 Å². The summed E-state index contributed by atoms with van der Waals surface area (Å²) in [5.41, 5.74) is -1.49. The number of carbonyl (C=O) groups is 12. The molecule has 6 saturated heterocycles. The smallest absolute Gasteiger partial charge is 0.419 e. The van der Waals surface area contributed by atoms with Crippen LogP contribution >= 0.6 is 46.4 Å². The molecule has 0 unspecified atom stereocenters. The highest BCUT2D eigenvalue weighted by Crippen LogP contribution is 2.36. The third-order valence-corrected chi connectivity index (χ3v) is 24.0. The summed E-state index contributed by atoms with van der Waals surface area (Å²) in [4.78, 5) is 154. The Morgan fingerprint density at radius 3 is 0.853 bits per heavy atom. The number of likely N-dealkylation sites (tertiary alicyclic amines) is 6. The van der Waals surface area contributed by atoms with Crippen molar-refractivity contribution in [2.24, 2.45) is 47.3 Å². The summed E-state index contributed by atoms with van der Waals surface area (Å²) in [6, 6.07) is 20.6. The van der Waals surface area contributed by atoms with E-state index in [1.165, 1.54) is 65.4 Å². The van der Waals surface area contributed by atoms with Crippen molar-refractivity contribution in [3.05, 3.63) is 175 Å². The normalized spacial score (nSPS) is 17.8. The number of methoxy groups -OCH3 is 1. The lowest BCUT2D eigenvalue weighted by molar-refractivity contribution is -0.140. The van der Waals surface area contributed by atoms with Gasteiger partial charge < -0.3 is 90.9 Å². The number of rotatable bonds is 21. The van der Waals surface area contributed by atoms with Gasteiger partial charge in [-0.3, -0.25) is 28.8 Å². The third kappa shape index (κ3) is 39.3. The van der Waals surface area contributed by atoms with E-state index in [2.05, 4.69) is 47.3 Å². The predicted molar refractivity (Wildman–Crippen MR) is 515 cm³/mol. The van der Waals surface area contributed by atoms with Gasteiger partial charge in [-0.25, -0.2) is 55.1 Å². The molecule has 0 radical (unpaired) electrons. The lowest BCUT2D eigenvalue weighted by Crippen LogP contribution is -2.48. The van der Waals surface area contributed by atoms with Crippen LogP contribution in [0.15, 0.2) is 109 Å². The molecule has 46 heteroatoms. The molecule has 14 amide bonds. The van der Waals surface area contributed by atoms with E-state index in [1.807, 2.05) is 41.5 Å². The van der Waals surface area contributed by atoms with Crippen molar-refractivity contribution in [2.75, 3.05) is 150 Å². The molecule has 6 aliphatic heterocycles.